The van der Waals surface area contributed by atoms with Crippen LogP contribution in [0.5, 0.6) is 17.2 Å². The smallest absolute Gasteiger partial charge is 0.322 e. The summed E-state index contributed by atoms with van der Waals surface area (Å²) in [7, 11) is 4.66. The normalized spacial score (nSPS) is 15.0. The Bertz CT molecular complexity index is 1090. The highest BCUT2D eigenvalue weighted by molar-refractivity contribution is 5.91. The third-order valence-electron chi connectivity index (χ3n) is 5.85. The maximum absolute atomic E-state index is 13.5. The molecule has 1 aliphatic heterocycles. The van der Waals surface area contributed by atoms with Crippen LogP contribution in [0.15, 0.2) is 60.7 Å². The summed E-state index contributed by atoms with van der Waals surface area (Å²) in [6.07, 6.45) is 0.807. The van der Waals surface area contributed by atoms with Gasteiger partial charge in [-0.05, 0) is 30.0 Å². The van der Waals surface area contributed by atoms with Crippen LogP contribution < -0.4 is 19.5 Å². The number of hydrogen-bond donors (Lipinski definition) is 1. The van der Waals surface area contributed by atoms with Gasteiger partial charge in [-0.2, -0.15) is 0 Å². The molecule has 4 rings (SSSR count). The van der Waals surface area contributed by atoms with Gasteiger partial charge in [-0.3, -0.25) is 0 Å². The van der Waals surface area contributed by atoms with Crippen LogP contribution in [0.2, 0.25) is 0 Å². The molecule has 1 atom stereocenters. The summed E-state index contributed by atoms with van der Waals surface area (Å²) in [6, 6.07) is 19.8. The van der Waals surface area contributed by atoms with Crippen molar-refractivity contribution >= 4 is 11.7 Å². The molecule has 0 saturated heterocycles. The van der Waals surface area contributed by atoms with Crippen molar-refractivity contribution in [1.29, 1.82) is 0 Å². The number of anilines is 1. The Hall–Kier alpha value is -3.67. The molecular weight excluding hydrogens is 404 g/mol. The molecule has 3 aromatic rings. The first-order valence-corrected chi connectivity index (χ1v) is 10.6. The number of nitrogens with one attached hydrogen (secondary N) is 1. The van der Waals surface area contributed by atoms with Gasteiger partial charge in [-0.15, -0.1) is 0 Å². The van der Waals surface area contributed by atoms with Gasteiger partial charge in [-0.1, -0.05) is 54.1 Å². The first kappa shape index (κ1) is 21.6. The van der Waals surface area contributed by atoms with Gasteiger partial charge >= 0.3 is 6.03 Å². The molecule has 3 aromatic carbocycles. The summed E-state index contributed by atoms with van der Waals surface area (Å²) in [5, 5.41) is 3.03. The lowest BCUT2D eigenvalue weighted by molar-refractivity contribution is 0.194. The second kappa shape index (κ2) is 9.22. The molecular formula is C26H28N2O4. The number of fused-ring (bicyclic) bond motifs is 1. The molecule has 32 heavy (non-hydrogen) atoms. The molecule has 2 amide bonds. The first-order valence-electron chi connectivity index (χ1n) is 10.6. The van der Waals surface area contributed by atoms with Crippen LogP contribution in [0, 0.1) is 6.92 Å². The van der Waals surface area contributed by atoms with E-state index < -0.39 is 0 Å². The van der Waals surface area contributed by atoms with Gasteiger partial charge < -0.3 is 24.4 Å². The number of methoxy groups -OCH3 is 3. The molecule has 6 heteroatoms. The van der Waals surface area contributed by atoms with Crippen LogP contribution in [-0.2, 0) is 6.42 Å². The van der Waals surface area contributed by atoms with Gasteiger partial charge in [0.25, 0.3) is 0 Å². The second-order valence-electron chi connectivity index (χ2n) is 7.80. The summed E-state index contributed by atoms with van der Waals surface area (Å²) in [6.45, 7) is 2.68. The molecule has 0 spiro atoms. The third-order valence-corrected chi connectivity index (χ3v) is 5.85. The Morgan fingerprint density at radius 3 is 2.22 bits per heavy atom. The van der Waals surface area contributed by atoms with Crippen molar-refractivity contribution in [2.75, 3.05) is 33.2 Å². The largest absolute Gasteiger partial charge is 0.493 e. The number of hydrogen-bond acceptors (Lipinski definition) is 4. The average Bonchev–Trinajstić information content (AvgIpc) is 2.83. The van der Waals surface area contributed by atoms with E-state index in [1.807, 2.05) is 11.0 Å². The van der Waals surface area contributed by atoms with Crippen molar-refractivity contribution in [3.8, 4) is 17.2 Å². The monoisotopic (exact) mass is 432 g/mol. The Kier molecular flexibility index (Phi) is 6.21. The number of amides is 2. The highest BCUT2D eigenvalue weighted by atomic mass is 16.5. The molecule has 0 aromatic heterocycles. The first-order chi connectivity index (χ1) is 15.5. The van der Waals surface area contributed by atoms with E-state index in [1.54, 1.807) is 33.5 Å². The molecule has 0 bridgehead atoms. The topological polar surface area (TPSA) is 60.0 Å². The van der Waals surface area contributed by atoms with E-state index in [4.69, 9.17) is 14.2 Å². The molecule has 0 aliphatic carbocycles. The zero-order valence-corrected chi connectivity index (χ0v) is 18.8. The Labute approximate surface area is 188 Å². The van der Waals surface area contributed by atoms with Crippen LogP contribution in [-0.4, -0.2) is 38.8 Å². The Morgan fingerprint density at radius 1 is 0.938 bits per heavy atom. The fourth-order valence-corrected chi connectivity index (χ4v) is 4.24. The van der Waals surface area contributed by atoms with E-state index in [0.717, 1.165) is 17.5 Å². The predicted octanol–water partition coefficient (Wildman–Crippen LogP) is 5.20. The number of ether oxygens (including phenoxy) is 3. The van der Waals surface area contributed by atoms with Gasteiger partial charge in [0.15, 0.2) is 11.5 Å². The molecule has 1 aliphatic rings. The Morgan fingerprint density at radius 2 is 1.59 bits per heavy atom. The number of aryl methyl sites for hydroxylation is 1. The lowest BCUT2D eigenvalue weighted by Gasteiger charge is -2.37. The van der Waals surface area contributed by atoms with Crippen LogP contribution in [0.25, 0.3) is 0 Å². The SMILES string of the molecule is COc1cc(NC(=O)N2CCc3ccccc3C2c2ccc(C)cc2)cc(OC)c1OC. The number of benzene rings is 3. The zero-order chi connectivity index (χ0) is 22.7. The molecule has 0 saturated carbocycles. The van der Waals surface area contributed by atoms with E-state index in [0.29, 0.717) is 29.5 Å². The van der Waals surface area contributed by atoms with Crippen molar-refractivity contribution in [1.82, 2.24) is 4.90 Å². The summed E-state index contributed by atoms with van der Waals surface area (Å²) < 4.78 is 16.2. The molecule has 0 fully saturated rings. The standard InChI is InChI=1S/C26H28N2O4/c1-17-9-11-19(12-10-17)24-21-8-6-5-7-18(21)13-14-28(24)26(29)27-20-15-22(30-2)25(32-4)23(16-20)31-3/h5-12,15-16,24H,13-14H2,1-4H3,(H,27,29). The van der Waals surface area contributed by atoms with E-state index in [2.05, 4.69) is 54.7 Å². The van der Waals surface area contributed by atoms with Gasteiger partial charge in [-0.25, -0.2) is 4.79 Å². The molecule has 1 N–H and O–H groups in total. The number of carbonyl (C=O) groups excluding carboxylic acids is 1. The number of rotatable bonds is 5. The molecule has 6 nitrogen and oxygen atoms in total. The van der Waals surface area contributed by atoms with Gasteiger partial charge in [0.2, 0.25) is 5.75 Å². The summed E-state index contributed by atoms with van der Waals surface area (Å²) in [5.74, 6) is 1.46. The third kappa shape index (κ3) is 4.08. The number of urea groups is 1. The summed E-state index contributed by atoms with van der Waals surface area (Å²) >= 11 is 0. The highest BCUT2D eigenvalue weighted by Gasteiger charge is 2.32. The molecule has 0 radical (unpaired) electrons. The second-order valence-corrected chi connectivity index (χ2v) is 7.80. The van der Waals surface area contributed by atoms with Crippen molar-refractivity contribution in [3.05, 3.63) is 82.9 Å². The maximum Gasteiger partial charge on any atom is 0.322 e. The summed E-state index contributed by atoms with van der Waals surface area (Å²) in [5.41, 5.74) is 5.28. The van der Waals surface area contributed by atoms with Crippen LogP contribution in [0.1, 0.15) is 28.3 Å². The van der Waals surface area contributed by atoms with Crippen molar-refractivity contribution in [3.63, 3.8) is 0 Å². The van der Waals surface area contributed by atoms with Crippen LogP contribution in [0.3, 0.4) is 0 Å². The fourth-order valence-electron chi connectivity index (χ4n) is 4.24. The van der Waals surface area contributed by atoms with Crippen LogP contribution in [0.4, 0.5) is 10.5 Å². The van der Waals surface area contributed by atoms with E-state index in [-0.39, 0.29) is 12.1 Å². The zero-order valence-electron chi connectivity index (χ0n) is 18.8. The maximum atomic E-state index is 13.5. The van der Waals surface area contributed by atoms with Crippen LogP contribution >= 0.6 is 0 Å². The van der Waals surface area contributed by atoms with E-state index in [9.17, 15) is 4.79 Å². The lowest BCUT2D eigenvalue weighted by Crippen LogP contribution is -2.43. The quantitative estimate of drug-likeness (QED) is 0.602. The molecule has 1 unspecified atom stereocenters. The Balaban J connectivity index is 1.69. The van der Waals surface area contributed by atoms with Crippen molar-refractivity contribution in [2.45, 2.75) is 19.4 Å². The van der Waals surface area contributed by atoms with E-state index in [1.165, 1.54) is 11.1 Å². The fraction of sp³-hybridized carbons (Fsp3) is 0.269. The summed E-state index contributed by atoms with van der Waals surface area (Å²) in [4.78, 5) is 15.4. The highest BCUT2D eigenvalue weighted by Crippen LogP contribution is 2.41. The number of nitrogens with zero attached hydrogens (tertiary/aromatic N) is 1. The predicted molar refractivity (Wildman–Crippen MR) is 125 cm³/mol. The van der Waals surface area contributed by atoms with Crippen molar-refractivity contribution < 1.29 is 19.0 Å². The number of carbonyl (C=O) groups is 1. The minimum absolute atomic E-state index is 0.164. The van der Waals surface area contributed by atoms with Gasteiger partial charge in [0, 0.05) is 18.7 Å². The molecule has 166 valence electrons. The minimum atomic E-state index is -0.181. The molecule has 1 heterocycles. The van der Waals surface area contributed by atoms with Crippen molar-refractivity contribution in [2.24, 2.45) is 0 Å². The lowest BCUT2D eigenvalue weighted by atomic mass is 9.88. The van der Waals surface area contributed by atoms with E-state index >= 15 is 0 Å². The van der Waals surface area contributed by atoms with Gasteiger partial charge in [0.05, 0.1) is 33.1 Å². The average molecular weight is 433 g/mol. The van der Waals surface area contributed by atoms with Gasteiger partial charge in [0.1, 0.15) is 0 Å². The minimum Gasteiger partial charge on any atom is -0.493 e.